The first-order valence-electron chi connectivity index (χ1n) is 6.37. The molecule has 0 aliphatic heterocycles. The van der Waals surface area contributed by atoms with Crippen LogP contribution in [-0.2, 0) is 6.54 Å². The van der Waals surface area contributed by atoms with E-state index in [1.807, 2.05) is 12.1 Å². The summed E-state index contributed by atoms with van der Waals surface area (Å²) >= 11 is 0. The maximum atomic E-state index is 13.7. The lowest BCUT2D eigenvalue weighted by Crippen LogP contribution is -2.34. The fourth-order valence-corrected chi connectivity index (χ4v) is 2.25. The molecule has 0 atom stereocenters. The van der Waals surface area contributed by atoms with Crippen molar-refractivity contribution in [2.75, 3.05) is 0 Å². The zero-order valence-electron chi connectivity index (χ0n) is 11.1. The maximum absolute atomic E-state index is 13.7. The highest BCUT2D eigenvalue weighted by atomic mass is 19.2. The predicted octanol–water partition coefficient (Wildman–Crippen LogP) is 3.87. The molecule has 0 radical (unpaired) electrons. The third-order valence-corrected chi connectivity index (χ3v) is 3.39. The molecule has 0 saturated carbocycles. The minimum absolute atomic E-state index is 0.462. The highest BCUT2D eigenvalue weighted by Crippen LogP contribution is 2.23. The molecule has 1 aromatic heterocycles. The summed E-state index contributed by atoms with van der Waals surface area (Å²) in [6, 6.07) is 8.94. The van der Waals surface area contributed by atoms with Gasteiger partial charge in [0.1, 0.15) is 0 Å². The Bertz CT molecular complexity index is 847. The van der Waals surface area contributed by atoms with E-state index >= 15 is 0 Å². The van der Waals surface area contributed by atoms with Crippen molar-refractivity contribution in [3.8, 4) is 0 Å². The van der Waals surface area contributed by atoms with E-state index in [9.17, 15) is 22.0 Å². The lowest BCUT2D eigenvalue weighted by molar-refractivity contribution is -0.687. The quantitative estimate of drug-likeness (QED) is 0.293. The normalized spacial score (nSPS) is 11.1. The fraction of sp³-hybridized carbons (Fsp3) is 0.0625. The fourth-order valence-electron chi connectivity index (χ4n) is 2.25. The number of fused-ring (bicyclic) bond motifs is 1. The van der Waals surface area contributed by atoms with Gasteiger partial charge in [-0.2, -0.15) is 4.57 Å². The van der Waals surface area contributed by atoms with E-state index in [-0.39, 0.29) is 0 Å². The third-order valence-electron chi connectivity index (χ3n) is 3.39. The molecule has 22 heavy (non-hydrogen) atoms. The van der Waals surface area contributed by atoms with Crippen molar-refractivity contribution in [3.05, 3.63) is 77.4 Å². The summed E-state index contributed by atoms with van der Waals surface area (Å²) in [4.78, 5) is 0. The maximum Gasteiger partial charge on any atom is 0.200 e. The van der Waals surface area contributed by atoms with Crippen LogP contribution in [0.2, 0.25) is 0 Å². The van der Waals surface area contributed by atoms with Crippen LogP contribution in [-0.4, -0.2) is 0 Å². The molecule has 0 spiro atoms. The summed E-state index contributed by atoms with van der Waals surface area (Å²) < 4.78 is 68.1. The Hall–Kier alpha value is -2.50. The van der Waals surface area contributed by atoms with E-state index in [0.29, 0.717) is 0 Å². The van der Waals surface area contributed by atoms with Crippen LogP contribution in [0.3, 0.4) is 0 Å². The van der Waals surface area contributed by atoms with Crippen LogP contribution >= 0.6 is 0 Å². The van der Waals surface area contributed by atoms with Crippen LogP contribution in [0.4, 0.5) is 22.0 Å². The van der Waals surface area contributed by atoms with Crippen molar-refractivity contribution in [2.24, 2.45) is 0 Å². The highest BCUT2D eigenvalue weighted by molar-refractivity contribution is 5.80. The largest absolute Gasteiger partial charge is 0.203 e. The Kier molecular flexibility index (Phi) is 3.52. The van der Waals surface area contributed by atoms with Gasteiger partial charge >= 0.3 is 0 Å². The Morgan fingerprint density at radius 3 is 1.86 bits per heavy atom. The van der Waals surface area contributed by atoms with Crippen LogP contribution in [0, 0.1) is 29.1 Å². The van der Waals surface area contributed by atoms with Crippen LogP contribution in [0.15, 0.2) is 42.7 Å². The minimum atomic E-state index is -2.15. The van der Waals surface area contributed by atoms with E-state index in [1.54, 1.807) is 24.4 Å². The molecule has 6 heteroatoms. The Morgan fingerprint density at radius 1 is 0.682 bits per heavy atom. The molecular formula is C16H9F5N+. The van der Waals surface area contributed by atoms with Gasteiger partial charge in [-0.1, -0.05) is 18.2 Å². The highest BCUT2D eigenvalue weighted by Gasteiger charge is 2.27. The molecule has 1 heterocycles. The molecule has 0 bridgehead atoms. The summed E-state index contributed by atoms with van der Waals surface area (Å²) in [6.45, 7) is -0.462. The summed E-state index contributed by atoms with van der Waals surface area (Å²) in [5, 5.41) is 1.69. The molecule has 1 nitrogen and oxygen atoms in total. The lowest BCUT2D eigenvalue weighted by atomic mass is 10.1. The van der Waals surface area contributed by atoms with Crippen LogP contribution in [0.25, 0.3) is 10.8 Å². The average Bonchev–Trinajstić information content (AvgIpc) is 2.55. The second kappa shape index (κ2) is 5.36. The van der Waals surface area contributed by atoms with Crippen LogP contribution in [0.1, 0.15) is 5.56 Å². The monoisotopic (exact) mass is 310 g/mol. The van der Waals surface area contributed by atoms with Crippen LogP contribution < -0.4 is 4.57 Å². The number of rotatable bonds is 2. The van der Waals surface area contributed by atoms with Crippen molar-refractivity contribution >= 4 is 10.8 Å². The number of benzene rings is 2. The molecule has 3 aromatic rings. The van der Waals surface area contributed by atoms with E-state index in [2.05, 4.69) is 0 Å². The second-order valence-corrected chi connectivity index (χ2v) is 4.79. The van der Waals surface area contributed by atoms with Crippen molar-refractivity contribution in [1.29, 1.82) is 0 Å². The van der Waals surface area contributed by atoms with Gasteiger partial charge in [0.15, 0.2) is 42.2 Å². The van der Waals surface area contributed by atoms with Gasteiger partial charge in [-0.05, 0) is 11.5 Å². The van der Waals surface area contributed by atoms with Gasteiger partial charge in [-0.15, -0.1) is 0 Å². The molecule has 2 aromatic carbocycles. The Labute approximate surface area is 122 Å². The SMILES string of the molecule is Fc1c(F)c(F)c(C[n+]2ccc3ccccc3c2)c(F)c1F. The molecule has 0 aliphatic carbocycles. The van der Waals surface area contributed by atoms with Gasteiger partial charge in [0, 0.05) is 11.5 Å². The van der Waals surface area contributed by atoms with E-state index in [4.69, 9.17) is 0 Å². The average molecular weight is 310 g/mol. The molecule has 0 saturated heterocycles. The lowest BCUT2D eigenvalue weighted by Gasteiger charge is -2.06. The number of hydrogen-bond acceptors (Lipinski definition) is 0. The summed E-state index contributed by atoms with van der Waals surface area (Å²) in [6.07, 6.45) is 3.09. The number of hydrogen-bond donors (Lipinski definition) is 0. The zero-order chi connectivity index (χ0) is 15.9. The van der Waals surface area contributed by atoms with E-state index in [1.165, 1.54) is 10.8 Å². The van der Waals surface area contributed by atoms with Crippen LogP contribution in [0.5, 0.6) is 0 Å². The van der Waals surface area contributed by atoms with Crippen molar-refractivity contribution in [3.63, 3.8) is 0 Å². The molecule has 3 rings (SSSR count). The van der Waals surface area contributed by atoms with Gasteiger partial charge in [0.25, 0.3) is 0 Å². The first kappa shape index (κ1) is 14.4. The summed E-state index contributed by atoms with van der Waals surface area (Å²) in [5.41, 5.74) is -0.864. The smallest absolute Gasteiger partial charge is 0.200 e. The molecular weight excluding hydrogens is 301 g/mol. The predicted molar refractivity (Wildman–Crippen MR) is 69.5 cm³/mol. The van der Waals surface area contributed by atoms with Crippen molar-refractivity contribution in [2.45, 2.75) is 6.54 Å². The number of nitrogens with zero attached hydrogens (tertiary/aromatic N) is 1. The number of halogens is 5. The first-order chi connectivity index (χ1) is 10.5. The number of pyridine rings is 1. The summed E-state index contributed by atoms with van der Waals surface area (Å²) in [7, 11) is 0. The van der Waals surface area contributed by atoms with Gasteiger partial charge < -0.3 is 0 Å². The topological polar surface area (TPSA) is 3.88 Å². The number of aromatic nitrogens is 1. The van der Waals surface area contributed by atoms with Gasteiger partial charge in [0.2, 0.25) is 5.82 Å². The van der Waals surface area contributed by atoms with E-state index in [0.717, 1.165) is 10.8 Å². The first-order valence-corrected chi connectivity index (χ1v) is 6.37. The van der Waals surface area contributed by atoms with Gasteiger partial charge in [0.05, 0.1) is 5.56 Å². The molecule has 112 valence electrons. The molecule has 0 unspecified atom stereocenters. The summed E-state index contributed by atoms with van der Waals surface area (Å²) in [5.74, 6) is -9.64. The third kappa shape index (κ3) is 2.30. The Balaban J connectivity index is 2.08. The molecule has 0 aliphatic rings. The molecule has 0 amide bonds. The minimum Gasteiger partial charge on any atom is -0.203 e. The Morgan fingerprint density at radius 2 is 1.23 bits per heavy atom. The van der Waals surface area contributed by atoms with Crippen molar-refractivity contribution in [1.82, 2.24) is 0 Å². The van der Waals surface area contributed by atoms with E-state index < -0.39 is 41.2 Å². The van der Waals surface area contributed by atoms with Gasteiger partial charge in [-0.3, -0.25) is 0 Å². The van der Waals surface area contributed by atoms with Gasteiger partial charge in [-0.25, -0.2) is 22.0 Å². The standard InChI is InChI=1S/C16H9F5N/c17-12-11(13(18)15(20)16(21)14(12)19)8-22-6-5-9-3-1-2-4-10(9)7-22/h1-7H,8H2/q+1. The zero-order valence-corrected chi connectivity index (χ0v) is 11.1. The molecule has 0 N–H and O–H groups in total. The van der Waals surface area contributed by atoms with Crippen molar-refractivity contribution < 1.29 is 26.5 Å². The molecule has 0 fully saturated rings. The second-order valence-electron chi connectivity index (χ2n) is 4.79.